The monoisotopic (exact) mass is 233 g/mol. The Bertz CT molecular complexity index is 214. The second-order valence-electron chi connectivity index (χ2n) is 3.99. The first kappa shape index (κ1) is 10.6. The molecule has 1 saturated heterocycles. The Hall–Kier alpha value is 0.110. The van der Waals surface area contributed by atoms with Crippen molar-refractivity contribution in [3.63, 3.8) is 0 Å². The summed E-state index contributed by atoms with van der Waals surface area (Å²) in [6, 6.07) is 1.05. The molecule has 0 radical (unpaired) electrons. The maximum atomic E-state index is 11.8. The molecule has 0 unspecified atom stereocenters. The van der Waals surface area contributed by atoms with Crippen molar-refractivity contribution in [1.29, 1.82) is 0 Å². The van der Waals surface area contributed by atoms with Gasteiger partial charge in [-0.2, -0.15) is 11.8 Å². The number of hydrogen-bond donors (Lipinski definition) is 0. The third-order valence-corrected chi connectivity index (χ3v) is 4.17. The van der Waals surface area contributed by atoms with Crippen LogP contribution in [0.15, 0.2) is 0 Å². The van der Waals surface area contributed by atoms with Gasteiger partial charge in [0.1, 0.15) is 0 Å². The van der Waals surface area contributed by atoms with Gasteiger partial charge >= 0.3 is 0 Å². The summed E-state index contributed by atoms with van der Waals surface area (Å²) in [4.78, 5) is 14.0. The Balaban J connectivity index is 1.95. The largest absolute Gasteiger partial charge is 0.336 e. The summed E-state index contributed by atoms with van der Waals surface area (Å²) >= 11 is 7.58. The second kappa shape index (κ2) is 4.75. The highest BCUT2D eigenvalue weighted by molar-refractivity contribution is 7.99. The van der Waals surface area contributed by atoms with Crippen molar-refractivity contribution in [2.24, 2.45) is 0 Å². The number of halogens is 1. The molecule has 2 nitrogen and oxygen atoms in total. The molecule has 1 aliphatic carbocycles. The van der Waals surface area contributed by atoms with Gasteiger partial charge in [0, 0.05) is 30.1 Å². The molecule has 0 bridgehead atoms. The van der Waals surface area contributed by atoms with Crippen LogP contribution in [0.25, 0.3) is 0 Å². The van der Waals surface area contributed by atoms with E-state index in [1.165, 1.54) is 25.0 Å². The zero-order chi connectivity index (χ0) is 9.97. The number of rotatable bonds is 4. The average molecular weight is 234 g/mol. The molecule has 1 heterocycles. The van der Waals surface area contributed by atoms with Crippen LogP contribution < -0.4 is 0 Å². The SMILES string of the molecule is O=C(CCCl)N(C1CC1)[C@H]1CCSC1. The van der Waals surface area contributed by atoms with E-state index in [0.29, 0.717) is 24.4 Å². The molecule has 2 fully saturated rings. The van der Waals surface area contributed by atoms with E-state index in [1.54, 1.807) is 0 Å². The van der Waals surface area contributed by atoms with Crippen LogP contribution in [0.5, 0.6) is 0 Å². The van der Waals surface area contributed by atoms with Gasteiger partial charge in [-0.3, -0.25) is 4.79 Å². The summed E-state index contributed by atoms with van der Waals surface area (Å²) in [5.41, 5.74) is 0. The second-order valence-corrected chi connectivity index (χ2v) is 5.52. The van der Waals surface area contributed by atoms with Crippen LogP contribution in [-0.4, -0.2) is 40.3 Å². The molecule has 0 aromatic heterocycles. The van der Waals surface area contributed by atoms with Crippen LogP contribution in [0, 0.1) is 0 Å². The molecule has 1 atom stereocenters. The van der Waals surface area contributed by atoms with Crippen LogP contribution >= 0.6 is 23.4 Å². The Morgan fingerprint density at radius 2 is 2.14 bits per heavy atom. The number of nitrogens with zero attached hydrogens (tertiary/aromatic N) is 1. The zero-order valence-electron chi connectivity index (χ0n) is 8.25. The molecule has 2 rings (SSSR count). The Kier molecular flexibility index (Phi) is 3.61. The summed E-state index contributed by atoms with van der Waals surface area (Å²) in [7, 11) is 0. The fourth-order valence-corrected chi connectivity index (χ4v) is 3.38. The van der Waals surface area contributed by atoms with Crippen LogP contribution in [0.4, 0.5) is 0 Å². The van der Waals surface area contributed by atoms with E-state index in [4.69, 9.17) is 11.6 Å². The first-order valence-corrected chi connectivity index (χ1v) is 6.96. The van der Waals surface area contributed by atoms with Crippen molar-refractivity contribution in [2.45, 2.75) is 37.8 Å². The minimum Gasteiger partial charge on any atom is -0.336 e. The van der Waals surface area contributed by atoms with Crippen LogP contribution in [0.1, 0.15) is 25.7 Å². The molecule has 80 valence electrons. The van der Waals surface area contributed by atoms with Gasteiger partial charge < -0.3 is 4.90 Å². The van der Waals surface area contributed by atoms with Crippen molar-refractivity contribution < 1.29 is 4.79 Å². The molecule has 14 heavy (non-hydrogen) atoms. The smallest absolute Gasteiger partial charge is 0.224 e. The van der Waals surface area contributed by atoms with E-state index in [2.05, 4.69) is 4.90 Å². The lowest BCUT2D eigenvalue weighted by Crippen LogP contribution is -2.42. The molecule has 4 heteroatoms. The van der Waals surface area contributed by atoms with Crippen LogP contribution in [-0.2, 0) is 4.79 Å². The van der Waals surface area contributed by atoms with Gasteiger partial charge in [-0.1, -0.05) is 0 Å². The van der Waals surface area contributed by atoms with Gasteiger partial charge in [0.15, 0.2) is 0 Å². The molecule has 0 spiro atoms. The summed E-state index contributed by atoms with van der Waals surface area (Å²) in [5.74, 6) is 3.07. The fraction of sp³-hybridized carbons (Fsp3) is 0.900. The topological polar surface area (TPSA) is 20.3 Å². The molecule has 1 saturated carbocycles. The first-order chi connectivity index (χ1) is 6.83. The molecule has 2 aliphatic rings. The lowest BCUT2D eigenvalue weighted by atomic mass is 10.2. The number of carbonyl (C=O) groups excluding carboxylic acids is 1. The van der Waals surface area contributed by atoms with Crippen LogP contribution in [0.3, 0.4) is 0 Å². The molecule has 1 amide bonds. The minimum atomic E-state index is 0.273. The summed E-state index contributed by atoms with van der Waals surface area (Å²) in [6.07, 6.45) is 4.10. The maximum absolute atomic E-state index is 11.8. The van der Waals surface area contributed by atoms with Crippen molar-refractivity contribution in [3.8, 4) is 0 Å². The number of amides is 1. The highest BCUT2D eigenvalue weighted by atomic mass is 35.5. The summed E-state index contributed by atoms with van der Waals surface area (Å²) < 4.78 is 0. The van der Waals surface area contributed by atoms with E-state index in [0.717, 1.165) is 5.75 Å². The summed E-state index contributed by atoms with van der Waals surface area (Å²) in [6.45, 7) is 0. The average Bonchev–Trinajstić information content (AvgIpc) is 2.82. The number of alkyl halides is 1. The van der Waals surface area contributed by atoms with Crippen molar-refractivity contribution in [3.05, 3.63) is 0 Å². The van der Waals surface area contributed by atoms with Gasteiger partial charge in [0.2, 0.25) is 5.91 Å². The zero-order valence-corrected chi connectivity index (χ0v) is 9.82. The van der Waals surface area contributed by atoms with Crippen molar-refractivity contribution >= 4 is 29.3 Å². The van der Waals surface area contributed by atoms with Gasteiger partial charge in [-0.05, 0) is 25.0 Å². The van der Waals surface area contributed by atoms with E-state index in [1.807, 2.05) is 11.8 Å². The Morgan fingerprint density at radius 1 is 1.36 bits per heavy atom. The third kappa shape index (κ3) is 2.37. The lowest BCUT2D eigenvalue weighted by molar-refractivity contribution is -0.133. The predicted octanol–water partition coefficient (Wildman–Crippen LogP) is 2.11. The lowest BCUT2D eigenvalue weighted by Gasteiger charge is -2.28. The van der Waals surface area contributed by atoms with Gasteiger partial charge in [0.25, 0.3) is 0 Å². The number of thioether (sulfide) groups is 1. The normalized spacial score (nSPS) is 26.5. The van der Waals surface area contributed by atoms with Gasteiger partial charge in [-0.25, -0.2) is 0 Å². The molecule has 0 aromatic rings. The van der Waals surface area contributed by atoms with Gasteiger partial charge in [0.05, 0.1) is 0 Å². The molecule has 0 N–H and O–H groups in total. The quantitative estimate of drug-likeness (QED) is 0.694. The van der Waals surface area contributed by atoms with Crippen LogP contribution in [0.2, 0.25) is 0 Å². The van der Waals surface area contributed by atoms with Crippen molar-refractivity contribution in [1.82, 2.24) is 4.90 Å². The van der Waals surface area contributed by atoms with Gasteiger partial charge in [-0.15, -0.1) is 11.6 Å². The minimum absolute atomic E-state index is 0.273. The molecular weight excluding hydrogens is 218 g/mol. The van der Waals surface area contributed by atoms with E-state index >= 15 is 0 Å². The van der Waals surface area contributed by atoms with Crippen molar-refractivity contribution in [2.75, 3.05) is 17.4 Å². The summed E-state index contributed by atoms with van der Waals surface area (Å²) in [5, 5.41) is 0. The first-order valence-electron chi connectivity index (χ1n) is 5.28. The molecule has 1 aliphatic heterocycles. The Morgan fingerprint density at radius 3 is 2.64 bits per heavy atom. The highest BCUT2D eigenvalue weighted by Crippen LogP contribution is 2.34. The number of hydrogen-bond acceptors (Lipinski definition) is 2. The predicted molar refractivity (Wildman–Crippen MR) is 60.9 cm³/mol. The fourth-order valence-electron chi connectivity index (χ4n) is 2.01. The molecular formula is C10H16ClNOS. The number of carbonyl (C=O) groups is 1. The molecule has 0 aromatic carbocycles. The highest BCUT2D eigenvalue weighted by Gasteiger charge is 2.37. The van der Waals surface area contributed by atoms with E-state index < -0.39 is 0 Å². The third-order valence-electron chi connectivity index (χ3n) is 2.84. The van der Waals surface area contributed by atoms with E-state index in [9.17, 15) is 4.79 Å². The standard InChI is InChI=1S/C10H16ClNOS/c11-5-3-10(13)12(8-1-2-8)9-4-6-14-7-9/h8-9H,1-7H2/t9-/m0/s1. The Labute approximate surface area is 94.4 Å². The maximum Gasteiger partial charge on any atom is 0.224 e. The van der Waals surface area contributed by atoms with E-state index in [-0.39, 0.29) is 5.91 Å².